The van der Waals surface area contributed by atoms with Gasteiger partial charge in [0.05, 0.1) is 24.8 Å². The summed E-state index contributed by atoms with van der Waals surface area (Å²) in [6, 6.07) is 12.9. The van der Waals surface area contributed by atoms with Crippen LogP contribution in [0.4, 0.5) is 10.5 Å². The van der Waals surface area contributed by atoms with Crippen LogP contribution in [-0.2, 0) is 14.3 Å². The molecule has 2 aromatic rings. The van der Waals surface area contributed by atoms with Crippen molar-refractivity contribution >= 4 is 23.6 Å². The molecule has 0 saturated heterocycles. The van der Waals surface area contributed by atoms with Crippen LogP contribution in [0, 0.1) is 0 Å². The SMILES string of the molecule is CCOC(=O)COc1ccc([C@H]2NC(=O)NC(C)=C2C(=O)Nc2ccccc2)cc1OCC. The van der Waals surface area contributed by atoms with E-state index < -0.39 is 18.0 Å². The minimum Gasteiger partial charge on any atom is -0.490 e. The number of esters is 1. The van der Waals surface area contributed by atoms with E-state index in [1.54, 1.807) is 44.2 Å². The summed E-state index contributed by atoms with van der Waals surface area (Å²) >= 11 is 0. The number of urea groups is 1. The zero-order chi connectivity index (χ0) is 23.8. The first-order valence-electron chi connectivity index (χ1n) is 10.6. The summed E-state index contributed by atoms with van der Waals surface area (Å²) in [4.78, 5) is 37.0. The molecule has 33 heavy (non-hydrogen) atoms. The lowest BCUT2D eigenvalue weighted by molar-refractivity contribution is -0.145. The Labute approximate surface area is 192 Å². The van der Waals surface area contributed by atoms with Crippen molar-refractivity contribution in [2.75, 3.05) is 25.1 Å². The van der Waals surface area contributed by atoms with Crippen molar-refractivity contribution < 1.29 is 28.6 Å². The molecule has 174 valence electrons. The van der Waals surface area contributed by atoms with Crippen LogP contribution in [0.1, 0.15) is 32.4 Å². The summed E-state index contributed by atoms with van der Waals surface area (Å²) in [5.41, 5.74) is 2.06. The van der Waals surface area contributed by atoms with Crippen LogP contribution in [0.15, 0.2) is 59.8 Å². The fourth-order valence-electron chi connectivity index (χ4n) is 3.40. The molecule has 3 amide bonds. The number of para-hydroxylation sites is 1. The number of benzene rings is 2. The van der Waals surface area contributed by atoms with Gasteiger partial charge in [0.15, 0.2) is 18.1 Å². The van der Waals surface area contributed by atoms with E-state index in [4.69, 9.17) is 14.2 Å². The molecule has 1 aliphatic heterocycles. The van der Waals surface area contributed by atoms with Crippen LogP contribution in [0.2, 0.25) is 0 Å². The number of carbonyl (C=O) groups is 3. The van der Waals surface area contributed by atoms with Gasteiger partial charge in [0.1, 0.15) is 0 Å². The maximum Gasteiger partial charge on any atom is 0.344 e. The first kappa shape index (κ1) is 23.6. The molecule has 0 spiro atoms. The van der Waals surface area contributed by atoms with Crippen molar-refractivity contribution in [1.29, 1.82) is 0 Å². The molecule has 2 aromatic carbocycles. The fraction of sp³-hybridized carbons (Fsp3) is 0.292. The number of amides is 3. The summed E-state index contributed by atoms with van der Waals surface area (Å²) in [6.45, 7) is 5.55. The van der Waals surface area contributed by atoms with Crippen LogP contribution in [0.5, 0.6) is 11.5 Å². The molecule has 0 aliphatic carbocycles. The zero-order valence-corrected chi connectivity index (χ0v) is 18.8. The lowest BCUT2D eigenvalue weighted by Crippen LogP contribution is -2.46. The molecule has 0 radical (unpaired) electrons. The van der Waals surface area contributed by atoms with Crippen molar-refractivity contribution in [2.45, 2.75) is 26.8 Å². The van der Waals surface area contributed by atoms with Crippen LogP contribution in [0.25, 0.3) is 0 Å². The summed E-state index contributed by atoms with van der Waals surface area (Å²) < 4.78 is 16.1. The molecule has 1 aliphatic rings. The smallest absolute Gasteiger partial charge is 0.344 e. The third-order valence-electron chi connectivity index (χ3n) is 4.80. The van der Waals surface area contributed by atoms with Crippen molar-refractivity contribution in [3.63, 3.8) is 0 Å². The molecule has 0 unspecified atom stereocenters. The molecule has 1 heterocycles. The standard InChI is InChI=1S/C24H27N3O6/c1-4-31-19-13-16(11-12-18(19)33-14-20(28)32-5-2)22-21(15(3)25-24(30)27-22)23(29)26-17-9-7-6-8-10-17/h6-13,22H,4-5,14H2,1-3H3,(H,26,29)(H2,25,27,30)/t22-/m1/s1. The van der Waals surface area contributed by atoms with Crippen molar-refractivity contribution in [1.82, 2.24) is 10.6 Å². The second-order valence-corrected chi connectivity index (χ2v) is 7.12. The zero-order valence-electron chi connectivity index (χ0n) is 18.8. The first-order valence-corrected chi connectivity index (χ1v) is 10.6. The summed E-state index contributed by atoms with van der Waals surface area (Å²) in [6.07, 6.45) is 0. The Balaban J connectivity index is 1.90. The maximum absolute atomic E-state index is 13.1. The van der Waals surface area contributed by atoms with Crippen molar-refractivity contribution in [3.05, 3.63) is 65.4 Å². The third-order valence-corrected chi connectivity index (χ3v) is 4.80. The van der Waals surface area contributed by atoms with Gasteiger partial charge in [-0.2, -0.15) is 0 Å². The van der Waals surface area contributed by atoms with Crippen molar-refractivity contribution in [2.24, 2.45) is 0 Å². The van der Waals surface area contributed by atoms with Gasteiger partial charge in [0, 0.05) is 11.4 Å². The molecule has 9 nitrogen and oxygen atoms in total. The first-order chi connectivity index (χ1) is 15.9. The number of rotatable bonds is 9. The lowest BCUT2D eigenvalue weighted by Gasteiger charge is -2.29. The fourth-order valence-corrected chi connectivity index (χ4v) is 3.40. The van der Waals surface area contributed by atoms with Crippen LogP contribution in [-0.4, -0.2) is 37.7 Å². The van der Waals surface area contributed by atoms with E-state index in [1.807, 2.05) is 25.1 Å². The largest absolute Gasteiger partial charge is 0.490 e. The molecule has 1 atom stereocenters. The highest BCUT2D eigenvalue weighted by molar-refractivity contribution is 6.06. The third kappa shape index (κ3) is 6.03. The van der Waals surface area contributed by atoms with Crippen LogP contribution >= 0.6 is 0 Å². The van der Waals surface area contributed by atoms with E-state index in [2.05, 4.69) is 16.0 Å². The Hall–Kier alpha value is -4.01. The normalized spacial score (nSPS) is 15.2. The number of hydrogen-bond donors (Lipinski definition) is 3. The Kier molecular flexibility index (Phi) is 7.91. The summed E-state index contributed by atoms with van der Waals surface area (Å²) in [7, 11) is 0. The second kappa shape index (κ2) is 11.0. The maximum atomic E-state index is 13.1. The lowest BCUT2D eigenvalue weighted by atomic mass is 9.94. The molecule has 9 heteroatoms. The highest BCUT2D eigenvalue weighted by atomic mass is 16.6. The quantitative estimate of drug-likeness (QED) is 0.502. The highest BCUT2D eigenvalue weighted by Crippen LogP contribution is 2.35. The van der Waals surface area contributed by atoms with Gasteiger partial charge in [0.25, 0.3) is 5.91 Å². The summed E-state index contributed by atoms with van der Waals surface area (Å²) in [5, 5.41) is 8.31. The Morgan fingerprint density at radius 2 is 1.76 bits per heavy atom. The van der Waals surface area contributed by atoms with Crippen LogP contribution < -0.4 is 25.4 Å². The average molecular weight is 453 g/mol. The van der Waals surface area contributed by atoms with E-state index in [0.29, 0.717) is 40.6 Å². The molecular weight excluding hydrogens is 426 g/mol. The number of anilines is 1. The van der Waals surface area contributed by atoms with Gasteiger partial charge in [-0.1, -0.05) is 24.3 Å². The van der Waals surface area contributed by atoms with E-state index in [-0.39, 0.29) is 19.1 Å². The average Bonchev–Trinajstić information content (AvgIpc) is 2.78. The van der Waals surface area contributed by atoms with Gasteiger partial charge in [0.2, 0.25) is 0 Å². The van der Waals surface area contributed by atoms with E-state index >= 15 is 0 Å². The van der Waals surface area contributed by atoms with Gasteiger partial charge in [-0.25, -0.2) is 9.59 Å². The number of ether oxygens (including phenoxy) is 3. The van der Waals surface area contributed by atoms with Gasteiger partial charge in [-0.3, -0.25) is 4.79 Å². The number of allylic oxidation sites excluding steroid dienone is 1. The molecular formula is C24H27N3O6. The van der Waals surface area contributed by atoms with Crippen LogP contribution in [0.3, 0.4) is 0 Å². The van der Waals surface area contributed by atoms with Crippen molar-refractivity contribution in [3.8, 4) is 11.5 Å². The number of nitrogens with one attached hydrogen (secondary N) is 3. The predicted octanol–water partition coefficient (Wildman–Crippen LogP) is 3.29. The molecule has 0 fully saturated rings. The monoisotopic (exact) mass is 453 g/mol. The minimum atomic E-state index is -0.722. The molecule has 3 rings (SSSR count). The van der Waals surface area contributed by atoms with Gasteiger partial charge in [-0.05, 0) is 50.6 Å². The summed E-state index contributed by atoms with van der Waals surface area (Å²) in [5.74, 6) is -0.109. The van der Waals surface area contributed by atoms with E-state index in [1.165, 1.54) is 0 Å². The number of carbonyl (C=O) groups excluding carboxylic acids is 3. The highest BCUT2D eigenvalue weighted by Gasteiger charge is 2.32. The molecule has 0 bridgehead atoms. The van der Waals surface area contributed by atoms with Gasteiger partial charge in [-0.15, -0.1) is 0 Å². The topological polar surface area (TPSA) is 115 Å². The van der Waals surface area contributed by atoms with Gasteiger partial charge < -0.3 is 30.2 Å². The number of hydrogen-bond acceptors (Lipinski definition) is 6. The molecule has 0 aromatic heterocycles. The van der Waals surface area contributed by atoms with Gasteiger partial charge >= 0.3 is 12.0 Å². The molecule has 0 saturated carbocycles. The predicted molar refractivity (Wildman–Crippen MR) is 122 cm³/mol. The van der Waals surface area contributed by atoms with E-state index in [9.17, 15) is 14.4 Å². The Morgan fingerprint density at radius 1 is 1.00 bits per heavy atom. The van der Waals surface area contributed by atoms with E-state index in [0.717, 1.165) is 0 Å². The Bertz CT molecular complexity index is 1050. The Morgan fingerprint density at radius 3 is 2.45 bits per heavy atom. The molecule has 3 N–H and O–H groups in total. The minimum absolute atomic E-state index is 0.258. The second-order valence-electron chi connectivity index (χ2n) is 7.12.